The number of nitrogens with one attached hydrogen (secondary N) is 1. The predicted octanol–water partition coefficient (Wildman–Crippen LogP) is 4.99. The van der Waals surface area contributed by atoms with E-state index < -0.39 is 47.1 Å². The Morgan fingerprint density at radius 1 is 1.07 bits per heavy atom. The van der Waals surface area contributed by atoms with Gasteiger partial charge in [0.15, 0.2) is 5.82 Å². The van der Waals surface area contributed by atoms with E-state index in [1.54, 1.807) is 6.07 Å². The van der Waals surface area contributed by atoms with Crippen LogP contribution in [0.5, 0.6) is 11.5 Å². The van der Waals surface area contributed by atoms with Crippen LogP contribution in [-0.2, 0) is 7.05 Å². The third kappa shape index (κ3) is 6.08. The van der Waals surface area contributed by atoms with Crippen molar-refractivity contribution in [2.45, 2.75) is 25.6 Å². The number of amides is 1. The minimum absolute atomic E-state index is 0.0308. The summed E-state index contributed by atoms with van der Waals surface area (Å²) in [7, 11) is 2.57. The number of piperidine rings is 1. The number of rotatable bonds is 8. The van der Waals surface area contributed by atoms with Crippen molar-refractivity contribution in [2.24, 2.45) is 7.05 Å². The van der Waals surface area contributed by atoms with Crippen molar-refractivity contribution in [2.75, 3.05) is 30.4 Å². The quantitative estimate of drug-likeness (QED) is 0.263. The van der Waals surface area contributed by atoms with Crippen LogP contribution in [0.3, 0.4) is 0 Å². The molecule has 5 rings (SSSR count). The van der Waals surface area contributed by atoms with E-state index in [4.69, 9.17) is 16.3 Å². The number of benzene rings is 2. The van der Waals surface area contributed by atoms with Crippen LogP contribution < -0.4 is 25.2 Å². The number of pyridine rings is 1. The zero-order chi connectivity index (χ0) is 31.7. The zero-order valence-electron chi connectivity index (χ0n) is 23.4. The SMILES string of the molecule is COc1cc(F)c(-c2c(NC(=O)c3ccc(OC(F)F)cc3)c(=O)n(-c3nc(N4CCC(O)CC4)ccc3Cl)n2C)c(F)c1. The molecule has 44 heavy (non-hydrogen) atoms. The first-order valence-electron chi connectivity index (χ1n) is 13.3. The molecule has 232 valence electrons. The highest BCUT2D eigenvalue weighted by atomic mass is 35.5. The van der Waals surface area contributed by atoms with Crippen molar-refractivity contribution in [1.82, 2.24) is 14.3 Å². The fourth-order valence-corrected chi connectivity index (χ4v) is 5.14. The molecule has 2 aromatic carbocycles. The van der Waals surface area contributed by atoms with Gasteiger partial charge in [-0.05, 0) is 49.2 Å². The lowest BCUT2D eigenvalue weighted by atomic mass is 10.1. The molecule has 1 saturated heterocycles. The smallest absolute Gasteiger partial charge is 0.387 e. The third-order valence-corrected chi connectivity index (χ3v) is 7.43. The predicted molar refractivity (Wildman–Crippen MR) is 154 cm³/mol. The van der Waals surface area contributed by atoms with Crippen molar-refractivity contribution >= 4 is 29.0 Å². The van der Waals surface area contributed by atoms with Crippen LogP contribution in [-0.4, -0.2) is 58.3 Å². The zero-order valence-corrected chi connectivity index (χ0v) is 24.1. The molecular weight excluding hydrogens is 610 g/mol. The molecule has 1 amide bonds. The summed E-state index contributed by atoms with van der Waals surface area (Å²) in [5, 5.41) is 12.3. The monoisotopic (exact) mass is 635 g/mol. The lowest BCUT2D eigenvalue weighted by Crippen LogP contribution is -2.36. The van der Waals surface area contributed by atoms with Crippen molar-refractivity contribution in [3.63, 3.8) is 0 Å². The van der Waals surface area contributed by atoms with E-state index in [1.165, 1.54) is 32.4 Å². The molecule has 0 spiro atoms. The summed E-state index contributed by atoms with van der Waals surface area (Å²) >= 11 is 6.49. The number of carbonyl (C=O) groups excluding carboxylic acids is 1. The van der Waals surface area contributed by atoms with Crippen LogP contribution in [0.4, 0.5) is 29.1 Å². The fourth-order valence-electron chi connectivity index (χ4n) is 4.95. The number of carbonyl (C=O) groups is 1. The van der Waals surface area contributed by atoms with Gasteiger partial charge in [0.05, 0.1) is 23.8 Å². The molecule has 15 heteroatoms. The molecule has 0 aliphatic carbocycles. The second-order valence-electron chi connectivity index (χ2n) is 9.88. The van der Waals surface area contributed by atoms with E-state index in [0.717, 1.165) is 33.6 Å². The molecule has 0 radical (unpaired) electrons. The minimum Gasteiger partial charge on any atom is -0.497 e. The Labute approximate surface area is 253 Å². The molecule has 3 heterocycles. The number of aromatic nitrogens is 3. The van der Waals surface area contributed by atoms with Crippen LogP contribution in [0.15, 0.2) is 53.3 Å². The van der Waals surface area contributed by atoms with Gasteiger partial charge in [0.1, 0.15) is 40.3 Å². The summed E-state index contributed by atoms with van der Waals surface area (Å²) in [6.07, 6.45) is 0.578. The number of nitrogens with zero attached hydrogens (tertiary/aromatic N) is 4. The molecule has 0 atom stereocenters. The van der Waals surface area contributed by atoms with Gasteiger partial charge in [0, 0.05) is 37.8 Å². The number of halogens is 5. The van der Waals surface area contributed by atoms with Gasteiger partial charge in [0.25, 0.3) is 11.5 Å². The van der Waals surface area contributed by atoms with Crippen LogP contribution >= 0.6 is 11.6 Å². The van der Waals surface area contributed by atoms with Crippen LogP contribution in [0.1, 0.15) is 23.2 Å². The Morgan fingerprint density at radius 2 is 1.70 bits per heavy atom. The molecule has 1 aliphatic rings. The molecule has 2 aromatic heterocycles. The maximum Gasteiger partial charge on any atom is 0.387 e. The average molecular weight is 636 g/mol. The number of anilines is 2. The first kappa shape index (κ1) is 30.9. The second-order valence-corrected chi connectivity index (χ2v) is 10.3. The molecular formula is C29H26ClF4N5O5. The van der Waals surface area contributed by atoms with E-state index >= 15 is 8.78 Å². The van der Waals surface area contributed by atoms with E-state index in [2.05, 4.69) is 15.0 Å². The molecule has 0 unspecified atom stereocenters. The molecule has 10 nitrogen and oxygen atoms in total. The van der Waals surface area contributed by atoms with Gasteiger partial charge in [-0.2, -0.15) is 13.5 Å². The number of aliphatic hydroxyl groups is 1. The Balaban J connectivity index is 1.64. The molecule has 0 bridgehead atoms. The van der Waals surface area contributed by atoms with Gasteiger partial charge >= 0.3 is 6.61 Å². The maximum absolute atomic E-state index is 15.4. The van der Waals surface area contributed by atoms with Crippen molar-refractivity contribution in [3.8, 4) is 28.6 Å². The number of methoxy groups -OCH3 is 1. The molecule has 4 aromatic rings. The number of hydrogen-bond acceptors (Lipinski definition) is 7. The molecule has 1 aliphatic heterocycles. The Morgan fingerprint density at radius 3 is 2.30 bits per heavy atom. The van der Waals surface area contributed by atoms with E-state index in [0.29, 0.717) is 31.7 Å². The van der Waals surface area contributed by atoms with Gasteiger partial charge in [-0.3, -0.25) is 14.3 Å². The number of aliphatic hydroxyl groups excluding tert-OH is 1. The lowest BCUT2D eigenvalue weighted by molar-refractivity contribution is -0.0498. The highest BCUT2D eigenvalue weighted by Gasteiger charge is 2.29. The van der Waals surface area contributed by atoms with Crippen molar-refractivity contribution < 1.29 is 36.9 Å². The third-order valence-electron chi connectivity index (χ3n) is 7.14. The van der Waals surface area contributed by atoms with Crippen LogP contribution in [0, 0.1) is 11.6 Å². The van der Waals surface area contributed by atoms with Gasteiger partial charge in [-0.25, -0.2) is 13.8 Å². The lowest BCUT2D eigenvalue weighted by Gasteiger charge is -2.30. The van der Waals surface area contributed by atoms with E-state index in [-0.39, 0.29) is 33.6 Å². The Bertz CT molecular complexity index is 1730. The molecule has 1 fully saturated rings. The van der Waals surface area contributed by atoms with Gasteiger partial charge in [-0.1, -0.05) is 11.6 Å². The first-order valence-corrected chi connectivity index (χ1v) is 13.7. The van der Waals surface area contributed by atoms with Crippen molar-refractivity contribution in [1.29, 1.82) is 0 Å². The summed E-state index contributed by atoms with van der Waals surface area (Å²) in [5.74, 6) is -2.99. The summed E-state index contributed by atoms with van der Waals surface area (Å²) < 4.78 is 67.2. The fraction of sp³-hybridized carbons (Fsp3) is 0.276. The standard InChI is InChI=1S/C29H26ClF4N5O5/c1-37-25(23-20(31)13-18(43-2)14-21(23)32)24(36-27(41)15-3-5-17(6-4-15)44-29(33)34)28(42)39(37)26-19(30)7-8-22(35-26)38-11-9-16(40)10-12-38/h3-8,13-14,16,29,40H,9-12H2,1-2H3,(H,36,41). The first-order chi connectivity index (χ1) is 21.0. The summed E-state index contributed by atoms with van der Waals surface area (Å²) in [4.78, 5) is 33.7. The normalized spacial score (nSPS) is 13.8. The highest BCUT2D eigenvalue weighted by Crippen LogP contribution is 2.35. The Kier molecular flexibility index (Phi) is 8.83. The van der Waals surface area contributed by atoms with E-state index in [9.17, 15) is 23.5 Å². The maximum atomic E-state index is 15.4. The van der Waals surface area contributed by atoms with Gasteiger partial charge in [0.2, 0.25) is 0 Å². The summed E-state index contributed by atoms with van der Waals surface area (Å²) in [6, 6.07) is 9.62. The summed E-state index contributed by atoms with van der Waals surface area (Å²) in [5.41, 5.74) is -2.46. The highest BCUT2D eigenvalue weighted by molar-refractivity contribution is 6.32. The van der Waals surface area contributed by atoms with E-state index in [1.807, 2.05) is 4.90 Å². The van der Waals surface area contributed by atoms with Gasteiger partial charge < -0.3 is 24.8 Å². The largest absolute Gasteiger partial charge is 0.497 e. The van der Waals surface area contributed by atoms with Crippen molar-refractivity contribution in [3.05, 3.63) is 81.1 Å². The number of alkyl halides is 2. The van der Waals surface area contributed by atoms with Gasteiger partial charge in [-0.15, -0.1) is 0 Å². The Hall–Kier alpha value is -4.56. The summed E-state index contributed by atoms with van der Waals surface area (Å²) in [6.45, 7) is -2.09. The average Bonchev–Trinajstić information content (AvgIpc) is 3.21. The topological polar surface area (TPSA) is 111 Å². The van der Waals surface area contributed by atoms with Crippen LogP contribution in [0.2, 0.25) is 5.02 Å². The second kappa shape index (κ2) is 12.6. The molecule has 2 N–H and O–H groups in total. The molecule has 0 saturated carbocycles. The minimum atomic E-state index is -3.07. The number of ether oxygens (including phenoxy) is 2. The van der Waals surface area contributed by atoms with Crippen LogP contribution in [0.25, 0.3) is 17.1 Å². The number of hydrogen-bond donors (Lipinski definition) is 2.